The Morgan fingerprint density at radius 2 is 1.62 bits per heavy atom. The summed E-state index contributed by atoms with van der Waals surface area (Å²) in [4.78, 5) is 0. The van der Waals surface area contributed by atoms with Gasteiger partial charge in [0.2, 0.25) is 0 Å². The lowest BCUT2D eigenvalue weighted by atomic mass is 10.3. The molecule has 0 atom stereocenters. The van der Waals surface area contributed by atoms with Crippen LogP contribution in [0.2, 0.25) is 0 Å². The molecule has 1 aromatic carbocycles. The van der Waals surface area contributed by atoms with Crippen LogP contribution in [0.1, 0.15) is 0 Å². The van der Waals surface area contributed by atoms with E-state index in [4.69, 9.17) is 9.47 Å². The third-order valence-electron chi connectivity index (χ3n) is 2.15. The van der Waals surface area contributed by atoms with Crippen LogP contribution in [0.5, 0.6) is 5.75 Å². The van der Waals surface area contributed by atoms with Gasteiger partial charge in [-0.3, -0.25) is 0 Å². The lowest BCUT2D eigenvalue weighted by Gasteiger charge is -2.23. The Kier molecular flexibility index (Phi) is 5.29. The van der Waals surface area contributed by atoms with E-state index in [0.29, 0.717) is 13.2 Å². The van der Waals surface area contributed by atoms with Crippen molar-refractivity contribution in [2.75, 3.05) is 47.5 Å². The maximum absolute atomic E-state index is 5.51. The van der Waals surface area contributed by atoms with Crippen molar-refractivity contribution in [1.82, 2.24) is 0 Å². The van der Waals surface area contributed by atoms with E-state index in [2.05, 4.69) is 21.1 Å². The predicted octanol–water partition coefficient (Wildman–Crippen LogP) is 1.79. The molecule has 0 aliphatic heterocycles. The summed E-state index contributed by atoms with van der Waals surface area (Å²) in [5.74, 6) is 0.901. The third-order valence-corrected chi connectivity index (χ3v) is 2.15. The highest BCUT2D eigenvalue weighted by atomic mass is 16.5. The molecule has 0 N–H and O–H groups in total. The maximum atomic E-state index is 5.51. The minimum Gasteiger partial charge on any atom is -0.491 e. The quantitative estimate of drug-likeness (QED) is 0.519. The number of nitrogens with zero attached hydrogens (tertiary/aromatic N) is 1. The zero-order valence-corrected chi connectivity index (χ0v) is 10.5. The second kappa shape index (κ2) is 6.51. The molecule has 0 unspecified atom stereocenters. The Balaban J connectivity index is 2.01. The van der Waals surface area contributed by atoms with Gasteiger partial charge in [0, 0.05) is 0 Å². The van der Waals surface area contributed by atoms with Crippen molar-refractivity contribution >= 4 is 0 Å². The normalized spacial score (nSPS) is 11.4. The molecule has 0 saturated heterocycles. The highest BCUT2D eigenvalue weighted by Crippen LogP contribution is 2.07. The fourth-order valence-electron chi connectivity index (χ4n) is 1.18. The van der Waals surface area contributed by atoms with Crippen LogP contribution in [0.4, 0.5) is 0 Å². The first-order valence-electron chi connectivity index (χ1n) is 5.64. The summed E-state index contributed by atoms with van der Waals surface area (Å²) in [6.07, 6.45) is 0. The van der Waals surface area contributed by atoms with Gasteiger partial charge < -0.3 is 14.0 Å². The molecule has 0 fully saturated rings. The maximum Gasteiger partial charge on any atom is 0.119 e. The third kappa shape index (κ3) is 6.43. The lowest BCUT2D eigenvalue weighted by molar-refractivity contribution is -0.870. The van der Waals surface area contributed by atoms with Crippen LogP contribution in [0.3, 0.4) is 0 Å². The molecule has 0 aromatic heterocycles. The molecular formula is C13H22NO2+. The number of likely N-dealkylation sites (N-methyl/N-ethyl adjacent to an activating group) is 1. The molecule has 0 spiro atoms. The van der Waals surface area contributed by atoms with Crippen molar-refractivity contribution < 1.29 is 14.0 Å². The Morgan fingerprint density at radius 1 is 0.938 bits per heavy atom. The number of quaternary nitrogens is 1. The molecule has 0 amide bonds. The van der Waals surface area contributed by atoms with Gasteiger partial charge in [0.15, 0.2) is 0 Å². The van der Waals surface area contributed by atoms with Crippen LogP contribution in [0.25, 0.3) is 0 Å². The first-order chi connectivity index (χ1) is 7.58. The van der Waals surface area contributed by atoms with Gasteiger partial charge in [0.1, 0.15) is 18.9 Å². The standard InChI is InChI=1S/C13H22NO2/c1-14(2,3)9-10-15-11-12-16-13-7-5-4-6-8-13/h4-8H,9-12H2,1-3H3/q+1. The molecule has 0 heterocycles. The van der Waals surface area contributed by atoms with Crippen molar-refractivity contribution in [2.24, 2.45) is 0 Å². The second-order valence-corrected chi connectivity index (χ2v) is 4.79. The predicted molar refractivity (Wildman–Crippen MR) is 65.7 cm³/mol. The van der Waals surface area contributed by atoms with Crippen LogP contribution < -0.4 is 4.74 Å². The molecule has 90 valence electrons. The average molecular weight is 224 g/mol. The summed E-state index contributed by atoms with van der Waals surface area (Å²) in [7, 11) is 6.47. The van der Waals surface area contributed by atoms with Gasteiger partial charge in [-0.25, -0.2) is 0 Å². The summed E-state index contributed by atoms with van der Waals surface area (Å²) >= 11 is 0. The smallest absolute Gasteiger partial charge is 0.119 e. The van der Waals surface area contributed by atoms with Crippen molar-refractivity contribution in [3.05, 3.63) is 30.3 Å². The summed E-state index contributed by atoms with van der Waals surface area (Å²) in [6, 6.07) is 9.81. The summed E-state index contributed by atoms with van der Waals surface area (Å²) < 4.78 is 11.9. The SMILES string of the molecule is C[N+](C)(C)CCOCCOc1ccccc1. The number of benzene rings is 1. The number of hydrogen-bond donors (Lipinski definition) is 0. The van der Waals surface area contributed by atoms with Crippen molar-refractivity contribution in [3.63, 3.8) is 0 Å². The molecular weight excluding hydrogens is 202 g/mol. The highest BCUT2D eigenvalue weighted by molar-refractivity contribution is 5.20. The van der Waals surface area contributed by atoms with Crippen LogP contribution in [-0.4, -0.2) is 52.0 Å². The van der Waals surface area contributed by atoms with Gasteiger partial charge in [-0.15, -0.1) is 0 Å². The van der Waals surface area contributed by atoms with Gasteiger partial charge >= 0.3 is 0 Å². The van der Waals surface area contributed by atoms with Crippen molar-refractivity contribution in [1.29, 1.82) is 0 Å². The Hall–Kier alpha value is -1.06. The molecule has 16 heavy (non-hydrogen) atoms. The minimum atomic E-state index is 0.612. The minimum absolute atomic E-state index is 0.612. The number of rotatable bonds is 7. The first kappa shape index (κ1) is 13.0. The largest absolute Gasteiger partial charge is 0.491 e. The van der Waals surface area contributed by atoms with Crippen LogP contribution in [-0.2, 0) is 4.74 Å². The zero-order chi connectivity index (χ0) is 11.9. The van der Waals surface area contributed by atoms with E-state index in [1.54, 1.807) is 0 Å². The van der Waals surface area contributed by atoms with E-state index in [9.17, 15) is 0 Å². The van der Waals surface area contributed by atoms with Crippen LogP contribution in [0, 0.1) is 0 Å². The summed E-state index contributed by atoms with van der Waals surface area (Å²) in [5.41, 5.74) is 0. The number of para-hydroxylation sites is 1. The van der Waals surface area contributed by atoms with Gasteiger partial charge in [-0.1, -0.05) is 18.2 Å². The lowest BCUT2D eigenvalue weighted by Crippen LogP contribution is -2.37. The van der Waals surface area contributed by atoms with Crippen LogP contribution in [0.15, 0.2) is 30.3 Å². The monoisotopic (exact) mass is 224 g/mol. The molecule has 0 aliphatic rings. The van der Waals surface area contributed by atoms with E-state index in [1.807, 2.05) is 30.3 Å². The van der Waals surface area contributed by atoms with Crippen molar-refractivity contribution in [2.45, 2.75) is 0 Å². The zero-order valence-electron chi connectivity index (χ0n) is 10.5. The topological polar surface area (TPSA) is 18.5 Å². The van der Waals surface area contributed by atoms with E-state index in [1.165, 1.54) is 0 Å². The molecule has 1 aromatic rings. The molecule has 3 heteroatoms. The van der Waals surface area contributed by atoms with Gasteiger partial charge in [0.25, 0.3) is 0 Å². The van der Waals surface area contributed by atoms with Gasteiger partial charge in [-0.2, -0.15) is 0 Å². The molecule has 0 bridgehead atoms. The Morgan fingerprint density at radius 3 is 2.25 bits per heavy atom. The Bertz CT molecular complexity index is 280. The van der Waals surface area contributed by atoms with Crippen LogP contribution >= 0.6 is 0 Å². The molecule has 0 aliphatic carbocycles. The average Bonchev–Trinajstić information content (AvgIpc) is 2.23. The fraction of sp³-hybridized carbons (Fsp3) is 0.538. The fourth-order valence-corrected chi connectivity index (χ4v) is 1.18. The summed E-state index contributed by atoms with van der Waals surface area (Å²) in [6.45, 7) is 3.06. The van der Waals surface area contributed by atoms with E-state index >= 15 is 0 Å². The summed E-state index contributed by atoms with van der Waals surface area (Å²) in [5, 5.41) is 0. The molecule has 0 saturated carbocycles. The van der Waals surface area contributed by atoms with E-state index in [-0.39, 0.29) is 0 Å². The van der Waals surface area contributed by atoms with Gasteiger partial charge in [0.05, 0.1) is 34.4 Å². The van der Waals surface area contributed by atoms with E-state index < -0.39 is 0 Å². The molecule has 0 radical (unpaired) electrons. The highest BCUT2D eigenvalue weighted by Gasteiger charge is 2.05. The second-order valence-electron chi connectivity index (χ2n) is 4.79. The molecule has 1 rings (SSSR count). The van der Waals surface area contributed by atoms with E-state index in [0.717, 1.165) is 23.4 Å². The molecule has 3 nitrogen and oxygen atoms in total. The Labute approximate surface area is 98.2 Å². The number of hydrogen-bond acceptors (Lipinski definition) is 2. The first-order valence-corrected chi connectivity index (χ1v) is 5.64. The van der Waals surface area contributed by atoms with Gasteiger partial charge in [-0.05, 0) is 12.1 Å². The van der Waals surface area contributed by atoms with Crippen molar-refractivity contribution in [3.8, 4) is 5.75 Å². The number of ether oxygens (including phenoxy) is 2.